The maximum absolute atomic E-state index is 4.72. The largest absolute Gasteiger partial charge is 0.261 e. The van der Waals surface area contributed by atoms with Crippen molar-refractivity contribution in [2.45, 2.75) is 32.6 Å². The molecule has 4 aromatic rings. The topological polar surface area (TPSA) is 71.8 Å². The highest BCUT2D eigenvalue weighted by atomic mass is 15.3. The lowest BCUT2D eigenvalue weighted by Crippen LogP contribution is -2.03. The molecule has 0 unspecified atom stereocenters. The van der Waals surface area contributed by atoms with E-state index in [-0.39, 0.29) is 0 Å². The van der Waals surface area contributed by atoms with Crippen LogP contribution in [0.25, 0.3) is 28.1 Å². The molecule has 0 fully saturated rings. The first-order valence-electron chi connectivity index (χ1n) is 8.01. The van der Waals surface area contributed by atoms with Crippen molar-refractivity contribution in [3.05, 3.63) is 42.4 Å². The molecule has 116 valence electrons. The van der Waals surface area contributed by atoms with Crippen LogP contribution in [0.4, 0.5) is 0 Å². The number of aryl methyl sites for hydroxylation is 1. The third kappa shape index (κ3) is 2.46. The number of benzene rings is 1. The fourth-order valence-electron chi connectivity index (χ4n) is 2.78. The van der Waals surface area contributed by atoms with Gasteiger partial charge in [-0.1, -0.05) is 50.1 Å². The molecular formula is C17H18N6. The van der Waals surface area contributed by atoms with Gasteiger partial charge in [-0.05, 0) is 6.42 Å². The maximum Gasteiger partial charge on any atom is 0.182 e. The monoisotopic (exact) mass is 306 g/mol. The van der Waals surface area contributed by atoms with Gasteiger partial charge in [0.1, 0.15) is 5.82 Å². The van der Waals surface area contributed by atoms with Gasteiger partial charge in [-0.15, -0.1) is 5.10 Å². The number of H-pyrrole nitrogens is 1. The highest BCUT2D eigenvalue weighted by Crippen LogP contribution is 2.21. The molecule has 0 saturated carbocycles. The first-order chi connectivity index (χ1) is 11.4. The van der Waals surface area contributed by atoms with Gasteiger partial charge >= 0.3 is 0 Å². The SMILES string of the molecule is CCCCCc1nc2[nH]ncc2c2nc(-c3ccccc3)nn12. The Kier molecular flexibility index (Phi) is 3.49. The summed E-state index contributed by atoms with van der Waals surface area (Å²) in [7, 11) is 0. The Balaban J connectivity index is 1.88. The van der Waals surface area contributed by atoms with Gasteiger partial charge in [0.2, 0.25) is 0 Å². The zero-order valence-corrected chi connectivity index (χ0v) is 13.0. The van der Waals surface area contributed by atoms with Crippen molar-refractivity contribution in [1.82, 2.24) is 29.8 Å². The van der Waals surface area contributed by atoms with Crippen LogP contribution in [0.5, 0.6) is 0 Å². The standard InChI is InChI=1S/C17H18N6/c1-2-3-5-10-14-19-16-13(11-18-21-16)17-20-15(22-23(14)17)12-8-6-4-7-9-12/h4,6-9,11H,2-3,5,10H2,1H3,(H,18,21). The smallest absolute Gasteiger partial charge is 0.182 e. The van der Waals surface area contributed by atoms with Crippen molar-refractivity contribution in [3.8, 4) is 11.4 Å². The van der Waals surface area contributed by atoms with E-state index >= 15 is 0 Å². The summed E-state index contributed by atoms with van der Waals surface area (Å²) in [5.41, 5.74) is 2.59. The average Bonchev–Trinajstić information content (AvgIpc) is 3.22. The second kappa shape index (κ2) is 5.79. The van der Waals surface area contributed by atoms with Gasteiger partial charge in [0.15, 0.2) is 17.1 Å². The summed E-state index contributed by atoms with van der Waals surface area (Å²) < 4.78 is 1.87. The molecule has 0 aliphatic carbocycles. The summed E-state index contributed by atoms with van der Waals surface area (Å²) >= 11 is 0. The van der Waals surface area contributed by atoms with Gasteiger partial charge in [-0.25, -0.2) is 9.97 Å². The van der Waals surface area contributed by atoms with Gasteiger partial charge in [-0.2, -0.15) is 9.61 Å². The van der Waals surface area contributed by atoms with Gasteiger partial charge in [0, 0.05) is 12.0 Å². The summed E-state index contributed by atoms with van der Waals surface area (Å²) in [6.45, 7) is 2.20. The molecule has 0 radical (unpaired) electrons. The zero-order chi connectivity index (χ0) is 15.6. The van der Waals surface area contributed by atoms with Crippen molar-refractivity contribution in [3.63, 3.8) is 0 Å². The molecule has 0 spiro atoms. The van der Waals surface area contributed by atoms with Crippen molar-refractivity contribution in [2.75, 3.05) is 0 Å². The summed E-state index contributed by atoms with van der Waals surface area (Å²) in [6.07, 6.45) is 6.11. The molecule has 0 atom stereocenters. The maximum atomic E-state index is 4.72. The van der Waals surface area contributed by atoms with Crippen LogP contribution in [0.3, 0.4) is 0 Å². The van der Waals surface area contributed by atoms with E-state index in [9.17, 15) is 0 Å². The minimum atomic E-state index is 0.720. The van der Waals surface area contributed by atoms with Gasteiger partial charge in [0.05, 0.1) is 11.6 Å². The van der Waals surface area contributed by atoms with Crippen LogP contribution in [-0.2, 0) is 6.42 Å². The lowest BCUT2D eigenvalue weighted by molar-refractivity contribution is 0.675. The third-order valence-electron chi connectivity index (χ3n) is 3.99. The van der Waals surface area contributed by atoms with Crippen molar-refractivity contribution in [1.29, 1.82) is 0 Å². The number of aromatic amines is 1. The average molecular weight is 306 g/mol. The second-order valence-corrected chi connectivity index (χ2v) is 5.65. The Bertz CT molecular complexity index is 938. The molecule has 3 aromatic heterocycles. The number of fused-ring (bicyclic) bond motifs is 3. The Hall–Kier alpha value is -2.76. The van der Waals surface area contributed by atoms with E-state index < -0.39 is 0 Å². The van der Waals surface area contributed by atoms with E-state index in [1.54, 1.807) is 6.20 Å². The van der Waals surface area contributed by atoms with Crippen LogP contribution in [0, 0.1) is 0 Å². The summed E-state index contributed by atoms with van der Waals surface area (Å²) in [6, 6.07) is 10.0. The number of hydrogen-bond acceptors (Lipinski definition) is 4. The number of nitrogens with one attached hydrogen (secondary N) is 1. The minimum Gasteiger partial charge on any atom is -0.261 e. The fourth-order valence-corrected chi connectivity index (χ4v) is 2.78. The molecule has 0 bridgehead atoms. The van der Waals surface area contributed by atoms with E-state index in [0.717, 1.165) is 46.7 Å². The Morgan fingerprint density at radius 1 is 1.09 bits per heavy atom. The van der Waals surface area contributed by atoms with Crippen molar-refractivity contribution in [2.24, 2.45) is 0 Å². The normalized spacial score (nSPS) is 11.5. The van der Waals surface area contributed by atoms with E-state index in [2.05, 4.69) is 22.1 Å². The van der Waals surface area contributed by atoms with Crippen LogP contribution in [0.1, 0.15) is 32.0 Å². The Morgan fingerprint density at radius 3 is 2.78 bits per heavy atom. The molecule has 1 aromatic carbocycles. The summed E-state index contributed by atoms with van der Waals surface area (Å²) in [4.78, 5) is 9.41. The number of hydrogen-bond donors (Lipinski definition) is 1. The molecule has 1 N–H and O–H groups in total. The highest BCUT2D eigenvalue weighted by molar-refractivity contribution is 5.88. The lowest BCUT2D eigenvalue weighted by atomic mass is 10.2. The van der Waals surface area contributed by atoms with E-state index in [4.69, 9.17) is 10.1 Å². The molecule has 6 heteroatoms. The number of rotatable bonds is 5. The van der Waals surface area contributed by atoms with Crippen LogP contribution >= 0.6 is 0 Å². The second-order valence-electron chi connectivity index (χ2n) is 5.65. The quantitative estimate of drug-likeness (QED) is 0.574. The molecular weight excluding hydrogens is 288 g/mol. The van der Waals surface area contributed by atoms with Gasteiger partial charge in [-0.3, -0.25) is 5.10 Å². The first-order valence-corrected chi connectivity index (χ1v) is 8.01. The Labute approximate surface area is 133 Å². The molecule has 0 amide bonds. The van der Waals surface area contributed by atoms with Crippen LogP contribution in [-0.4, -0.2) is 29.8 Å². The van der Waals surface area contributed by atoms with Crippen LogP contribution in [0.2, 0.25) is 0 Å². The predicted octanol–water partition coefficient (Wildman–Crippen LogP) is 3.40. The van der Waals surface area contributed by atoms with Gasteiger partial charge < -0.3 is 0 Å². The van der Waals surface area contributed by atoms with Crippen molar-refractivity contribution >= 4 is 16.7 Å². The Morgan fingerprint density at radius 2 is 1.96 bits per heavy atom. The minimum absolute atomic E-state index is 0.720. The molecule has 0 aliphatic heterocycles. The highest BCUT2D eigenvalue weighted by Gasteiger charge is 2.15. The zero-order valence-electron chi connectivity index (χ0n) is 13.0. The molecule has 0 aliphatic rings. The summed E-state index contributed by atoms with van der Waals surface area (Å²) in [5, 5.41) is 12.6. The fraction of sp³-hybridized carbons (Fsp3) is 0.294. The van der Waals surface area contributed by atoms with E-state index in [1.165, 1.54) is 12.8 Å². The van der Waals surface area contributed by atoms with Crippen molar-refractivity contribution < 1.29 is 0 Å². The van der Waals surface area contributed by atoms with Crippen LogP contribution in [0.15, 0.2) is 36.5 Å². The van der Waals surface area contributed by atoms with E-state index in [0.29, 0.717) is 0 Å². The predicted molar refractivity (Wildman–Crippen MR) is 89.1 cm³/mol. The summed E-state index contributed by atoms with van der Waals surface area (Å²) in [5.74, 6) is 1.65. The number of aromatic nitrogens is 6. The van der Waals surface area contributed by atoms with Gasteiger partial charge in [0.25, 0.3) is 0 Å². The molecule has 0 saturated heterocycles. The molecule has 4 rings (SSSR count). The molecule has 6 nitrogen and oxygen atoms in total. The number of nitrogens with zero attached hydrogens (tertiary/aromatic N) is 5. The molecule has 23 heavy (non-hydrogen) atoms. The first kappa shape index (κ1) is 13.9. The number of unbranched alkanes of at least 4 members (excludes halogenated alkanes) is 2. The molecule has 3 heterocycles. The van der Waals surface area contributed by atoms with Crippen LogP contribution < -0.4 is 0 Å². The van der Waals surface area contributed by atoms with E-state index in [1.807, 2.05) is 34.8 Å². The lowest BCUT2D eigenvalue weighted by Gasteiger charge is -2.03. The third-order valence-corrected chi connectivity index (χ3v) is 3.99.